The number of benzene rings is 1. The van der Waals surface area contributed by atoms with E-state index in [0.29, 0.717) is 0 Å². The van der Waals surface area contributed by atoms with Crippen molar-refractivity contribution in [2.45, 2.75) is 40.4 Å². The second-order valence-corrected chi connectivity index (χ2v) is 3.47. The van der Waals surface area contributed by atoms with Crippen molar-refractivity contribution in [1.29, 1.82) is 0 Å². The van der Waals surface area contributed by atoms with Crippen molar-refractivity contribution in [2.24, 2.45) is 0 Å². The zero-order chi connectivity index (χ0) is 16.3. The molecular formula is C15H25NO4. The lowest BCUT2D eigenvalue weighted by molar-refractivity contribution is -0.106. The summed E-state index contributed by atoms with van der Waals surface area (Å²) in [7, 11) is 1.43. The molecule has 1 aromatic carbocycles. The summed E-state index contributed by atoms with van der Waals surface area (Å²) in [5, 5.41) is 20.8. The molecule has 0 atom stereocenters. The minimum atomic E-state index is -2.48. The second kappa shape index (κ2) is 10.1. The predicted molar refractivity (Wildman–Crippen MR) is 79.7 cm³/mol. The Kier molecular flexibility index (Phi) is 10.4. The highest BCUT2D eigenvalue weighted by Crippen LogP contribution is 2.15. The van der Waals surface area contributed by atoms with Crippen molar-refractivity contribution < 1.29 is 19.8 Å². The number of rotatable bonds is 3. The van der Waals surface area contributed by atoms with E-state index in [1.54, 1.807) is 12.1 Å². The van der Waals surface area contributed by atoms with Gasteiger partial charge in [-0.2, -0.15) is 0 Å². The minimum absolute atomic E-state index is 0.0191. The molecule has 20 heavy (non-hydrogen) atoms. The summed E-state index contributed by atoms with van der Waals surface area (Å²) in [5.74, 6) is -3.84. The number of aliphatic hydroxyl groups is 2. The van der Waals surface area contributed by atoms with E-state index in [0.717, 1.165) is 6.92 Å². The third kappa shape index (κ3) is 5.95. The van der Waals surface area contributed by atoms with Crippen molar-refractivity contribution in [3.05, 3.63) is 35.4 Å². The summed E-state index contributed by atoms with van der Waals surface area (Å²) in [6.45, 7) is 8.95. The van der Waals surface area contributed by atoms with Gasteiger partial charge < -0.3 is 15.5 Å². The Morgan fingerprint density at radius 2 is 1.40 bits per heavy atom. The molecule has 0 aliphatic rings. The molecule has 0 saturated heterocycles. The molecule has 1 amide bonds. The second-order valence-electron chi connectivity index (χ2n) is 3.47. The third-order valence-corrected chi connectivity index (χ3v) is 2.07. The highest BCUT2D eigenvalue weighted by Gasteiger charge is 2.30. The van der Waals surface area contributed by atoms with Gasteiger partial charge in [0.15, 0.2) is 0 Å². The van der Waals surface area contributed by atoms with Crippen LogP contribution < -0.4 is 5.32 Å². The molecule has 0 heterocycles. The van der Waals surface area contributed by atoms with Gasteiger partial charge in [-0.25, -0.2) is 0 Å². The van der Waals surface area contributed by atoms with E-state index in [1.807, 2.05) is 27.7 Å². The Bertz CT molecular complexity index is 422. The molecule has 3 N–H and O–H groups in total. The molecule has 5 heteroatoms. The van der Waals surface area contributed by atoms with Crippen LogP contribution in [0.4, 0.5) is 0 Å². The summed E-state index contributed by atoms with van der Waals surface area (Å²) < 4.78 is 0. The first-order chi connectivity index (χ1) is 9.38. The molecule has 5 nitrogen and oxygen atoms in total. The average molecular weight is 283 g/mol. The maximum Gasteiger partial charge on any atom is 0.251 e. The van der Waals surface area contributed by atoms with Crippen LogP contribution in [0.1, 0.15) is 55.3 Å². The van der Waals surface area contributed by atoms with Gasteiger partial charge >= 0.3 is 0 Å². The Balaban J connectivity index is 0. The molecule has 0 fully saturated rings. The van der Waals surface area contributed by atoms with Crippen molar-refractivity contribution in [3.8, 4) is 0 Å². The molecule has 1 aromatic rings. The first-order valence-corrected chi connectivity index (χ1v) is 6.68. The van der Waals surface area contributed by atoms with E-state index in [9.17, 15) is 19.8 Å². The van der Waals surface area contributed by atoms with Crippen molar-refractivity contribution in [2.75, 3.05) is 7.05 Å². The lowest BCUT2D eigenvalue weighted by atomic mass is 9.98. The topological polar surface area (TPSA) is 86.6 Å². The molecule has 0 aliphatic heterocycles. The van der Waals surface area contributed by atoms with Gasteiger partial charge in [0, 0.05) is 12.6 Å². The van der Waals surface area contributed by atoms with Crippen LogP contribution in [-0.4, -0.2) is 34.7 Å². The molecule has 0 bridgehead atoms. The van der Waals surface area contributed by atoms with Crippen LogP contribution in [-0.2, 0) is 0 Å². The molecule has 1 rings (SSSR count). The smallest absolute Gasteiger partial charge is 0.251 e. The first kappa shape index (κ1) is 20.6. The van der Waals surface area contributed by atoms with Gasteiger partial charge in [-0.15, -0.1) is 0 Å². The van der Waals surface area contributed by atoms with Gasteiger partial charge in [-0.1, -0.05) is 45.9 Å². The normalized spacial score (nSPS) is 9.40. The van der Waals surface area contributed by atoms with E-state index in [4.69, 9.17) is 0 Å². The van der Waals surface area contributed by atoms with E-state index in [1.165, 1.54) is 19.2 Å². The number of nitrogens with one attached hydrogen (secondary N) is 1. The molecule has 0 spiro atoms. The number of hydrogen-bond acceptors (Lipinski definition) is 4. The number of hydrogen-bond donors (Lipinski definition) is 3. The highest BCUT2D eigenvalue weighted by molar-refractivity contribution is 6.10. The largest absolute Gasteiger partial charge is 0.360 e. The summed E-state index contributed by atoms with van der Waals surface area (Å²) in [6.07, 6.45) is 0. The summed E-state index contributed by atoms with van der Waals surface area (Å²) >= 11 is 0. The van der Waals surface area contributed by atoms with Crippen LogP contribution in [0.15, 0.2) is 24.3 Å². The Labute approximate surface area is 120 Å². The lowest BCUT2D eigenvalue weighted by Gasteiger charge is -2.16. The SMILES string of the molecule is CC.CC.CNC(=O)c1ccccc1C(=O)C(C)(O)O. The summed E-state index contributed by atoms with van der Waals surface area (Å²) in [6, 6.07) is 5.95. The predicted octanol–water partition coefficient (Wildman–Crippen LogP) is 1.98. The van der Waals surface area contributed by atoms with Gasteiger partial charge in [0.1, 0.15) is 0 Å². The fraction of sp³-hybridized carbons (Fsp3) is 0.467. The quantitative estimate of drug-likeness (QED) is 0.585. The number of ketones is 1. The summed E-state index contributed by atoms with van der Waals surface area (Å²) in [5.41, 5.74) is 0.0960. The lowest BCUT2D eigenvalue weighted by Crippen LogP contribution is -2.36. The molecule has 0 unspecified atom stereocenters. The number of carbonyl (C=O) groups is 2. The number of amides is 1. The molecular weight excluding hydrogens is 258 g/mol. The van der Waals surface area contributed by atoms with E-state index >= 15 is 0 Å². The van der Waals surface area contributed by atoms with Crippen LogP contribution in [0.25, 0.3) is 0 Å². The van der Waals surface area contributed by atoms with Crippen LogP contribution in [0.2, 0.25) is 0 Å². The monoisotopic (exact) mass is 283 g/mol. The molecule has 0 saturated carbocycles. The Morgan fingerprint density at radius 1 is 1.00 bits per heavy atom. The average Bonchev–Trinajstić information content (AvgIpc) is 2.48. The maximum absolute atomic E-state index is 11.6. The third-order valence-electron chi connectivity index (χ3n) is 2.07. The Hall–Kier alpha value is -1.72. The fourth-order valence-electron chi connectivity index (χ4n) is 1.27. The highest BCUT2D eigenvalue weighted by atomic mass is 16.5. The van der Waals surface area contributed by atoms with Crippen LogP contribution in [0.3, 0.4) is 0 Å². The Morgan fingerprint density at radius 3 is 1.75 bits per heavy atom. The molecule has 114 valence electrons. The standard InChI is InChI=1S/C11H13NO4.2C2H6/c1-11(15,16)9(13)7-5-3-4-6-8(7)10(14)12-2;2*1-2/h3-6,15-16H,1-2H3,(H,12,14);2*1-2H3. The fourth-order valence-corrected chi connectivity index (χ4v) is 1.27. The van der Waals surface area contributed by atoms with Gasteiger partial charge in [-0.05, 0) is 13.0 Å². The number of carbonyl (C=O) groups excluding carboxylic acids is 2. The van der Waals surface area contributed by atoms with E-state index < -0.39 is 17.5 Å². The van der Waals surface area contributed by atoms with Crippen LogP contribution in [0.5, 0.6) is 0 Å². The van der Waals surface area contributed by atoms with Crippen molar-refractivity contribution >= 4 is 11.7 Å². The molecule has 0 radical (unpaired) electrons. The van der Waals surface area contributed by atoms with Gasteiger partial charge in [0.05, 0.1) is 5.56 Å². The van der Waals surface area contributed by atoms with E-state index in [2.05, 4.69) is 5.32 Å². The zero-order valence-electron chi connectivity index (χ0n) is 13.0. The van der Waals surface area contributed by atoms with Crippen LogP contribution in [0, 0.1) is 0 Å². The minimum Gasteiger partial charge on any atom is -0.360 e. The summed E-state index contributed by atoms with van der Waals surface area (Å²) in [4.78, 5) is 23.1. The van der Waals surface area contributed by atoms with Crippen LogP contribution >= 0.6 is 0 Å². The first-order valence-electron chi connectivity index (χ1n) is 6.68. The van der Waals surface area contributed by atoms with E-state index in [-0.39, 0.29) is 11.1 Å². The van der Waals surface area contributed by atoms with Crippen molar-refractivity contribution in [3.63, 3.8) is 0 Å². The van der Waals surface area contributed by atoms with Gasteiger partial charge in [0.25, 0.3) is 5.91 Å². The molecule has 0 aliphatic carbocycles. The molecule has 0 aromatic heterocycles. The van der Waals surface area contributed by atoms with Gasteiger partial charge in [-0.3, -0.25) is 9.59 Å². The van der Waals surface area contributed by atoms with Gasteiger partial charge in [0.2, 0.25) is 11.6 Å². The zero-order valence-corrected chi connectivity index (χ0v) is 13.0. The number of Topliss-reactive ketones (excluding diaryl/α,β-unsaturated/α-hetero) is 1. The van der Waals surface area contributed by atoms with Crippen molar-refractivity contribution in [1.82, 2.24) is 5.32 Å². The maximum atomic E-state index is 11.6.